The number of halogens is 1. The predicted octanol–water partition coefficient (Wildman–Crippen LogP) is 1.86. The summed E-state index contributed by atoms with van der Waals surface area (Å²) in [6.45, 7) is 0.613. The molecule has 0 aliphatic heterocycles. The number of benzene rings is 1. The van der Waals surface area contributed by atoms with Crippen LogP contribution in [0.1, 0.15) is 19.3 Å². The highest BCUT2D eigenvalue weighted by molar-refractivity contribution is 5.73. The SMILES string of the molecule is CN(CCC(NC1CC1)C(=O)O)c1ccc(F)cc1. The van der Waals surface area contributed by atoms with Crippen molar-refractivity contribution in [2.75, 3.05) is 18.5 Å². The summed E-state index contributed by atoms with van der Waals surface area (Å²) in [6, 6.07) is 6.07. The minimum absolute atomic E-state index is 0.268. The van der Waals surface area contributed by atoms with Crippen molar-refractivity contribution in [3.8, 4) is 0 Å². The van der Waals surface area contributed by atoms with Crippen LogP contribution in [0.15, 0.2) is 24.3 Å². The molecule has 0 radical (unpaired) electrons. The Hall–Kier alpha value is -1.62. The number of hydrogen-bond donors (Lipinski definition) is 2. The molecule has 0 heterocycles. The Labute approximate surface area is 112 Å². The van der Waals surface area contributed by atoms with Gasteiger partial charge in [-0.3, -0.25) is 4.79 Å². The molecule has 1 saturated carbocycles. The topological polar surface area (TPSA) is 52.6 Å². The van der Waals surface area contributed by atoms with Crippen LogP contribution in [0.2, 0.25) is 0 Å². The van der Waals surface area contributed by atoms with E-state index in [2.05, 4.69) is 5.32 Å². The summed E-state index contributed by atoms with van der Waals surface area (Å²) in [5.41, 5.74) is 0.886. The zero-order valence-corrected chi connectivity index (χ0v) is 11.0. The van der Waals surface area contributed by atoms with Crippen LogP contribution in [0.4, 0.5) is 10.1 Å². The first-order valence-electron chi connectivity index (χ1n) is 6.52. The number of rotatable bonds is 7. The third-order valence-electron chi connectivity index (χ3n) is 3.33. The first-order valence-corrected chi connectivity index (χ1v) is 6.52. The Morgan fingerprint density at radius 1 is 1.47 bits per heavy atom. The molecule has 2 N–H and O–H groups in total. The fourth-order valence-electron chi connectivity index (χ4n) is 1.96. The third kappa shape index (κ3) is 4.21. The lowest BCUT2D eigenvalue weighted by Gasteiger charge is -2.22. The van der Waals surface area contributed by atoms with Gasteiger partial charge in [0.05, 0.1) is 0 Å². The van der Waals surface area contributed by atoms with E-state index in [0.29, 0.717) is 19.0 Å². The molecule has 5 heteroatoms. The van der Waals surface area contributed by atoms with Crippen LogP contribution >= 0.6 is 0 Å². The van der Waals surface area contributed by atoms with Gasteiger partial charge in [0.1, 0.15) is 11.9 Å². The van der Waals surface area contributed by atoms with Crippen molar-refractivity contribution in [2.24, 2.45) is 0 Å². The van der Waals surface area contributed by atoms with E-state index in [1.54, 1.807) is 12.1 Å². The molecule has 1 aromatic carbocycles. The minimum Gasteiger partial charge on any atom is -0.480 e. The maximum Gasteiger partial charge on any atom is 0.320 e. The molecule has 104 valence electrons. The van der Waals surface area contributed by atoms with E-state index in [9.17, 15) is 9.18 Å². The van der Waals surface area contributed by atoms with Crippen LogP contribution in [0, 0.1) is 5.82 Å². The number of anilines is 1. The highest BCUT2D eigenvalue weighted by Gasteiger charge is 2.28. The highest BCUT2D eigenvalue weighted by Crippen LogP contribution is 2.20. The monoisotopic (exact) mass is 266 g/mol. The lowest BCUT2D eigenvalue weighted by Crippen LogP contribution is -2.40. The number of carboxylic acids is 1. The number of hydrogen-bond acceptors (Lipinski definition) is 3. The second kappa shape index (κ2) is 6.02. The standard InChI is InChI=1S/C14H19FN2O2/c1-17(12-6-2-10(15)3-7-12)9-8-13(14(18)19)16-11-4-5-11/h2-3,6-7,11,13,16H,4-5,8-9H2,1H3,(H,18,19). The Bertz CT molecular complexity index is 432. The third-order valence-corrected chi connectivity index (χ3v) is 3.33. The smallest absolute Gasteiger partial charge is 0.320 e. The predicted molar refractivity (Wildman–Crippen MR) is 71.9 cm³/mol. The molecule has 1 aromatic rings. The summed E-state index contributed by atoms with van der Waals surface area (Å²) in [5.74, 6) is -1.07. The van der Waals surface area contributed by atoms with Crippen LogP contribution in [-0.2, 0) is 4.79 Å². The summed E-state index contributed by atoms with van der Waals surface area (Å²) < 4.78 is 12.8. The van der Waals surface area contributed by atoms with Crippen molar-refractivity contribution in [1.29, 1.82) is 0 Å². The molecule has 0 saturated heterocycles. The van der Waals surface area contributed by atoms with Gasteiger partial charge in [0, 0.05) is 25.3 Å². The molecule has 0 amide bonds. The summed E-state index contributed by atoms with van der Waals surface area (Å²) in [7, 11) is 1.88. The molecule has 1 aliphatic carbocycles. The first kappa shape index (κ1) is 13.8. The van der Waals surface area contributed by atoms with Gasteiger partial charge in [0.2, 0.25) is 0 Å². The van der Waals surface area contributed by atoms with Crippen LogP contribution < -0.4 is 10.2 Å². The fourth-order valence-corrected chi connectivity index (χ4v) is 1.96. The Kier molecular flexibility index (Phi) is 4.37. The number of nitrogens with one attached hydrogen (secondary N) is 1. The lowest BCUT2D eigenvalue weighted by atomic mass is 10.2. The van der Waals surface area contributed by atoms with E-state index in [4.69, 9.17) is 5.11 Å². The second-order valence-electron chi connectivity index (χ2n) is 5.02. The number of carbonyl (C=O) groups is 1. The molecule has 1 aliphatic rings. The van der Waals surface area contributed by atoms with E-state index in [0.717, 1.165) is 18.5 Å². The zero-order chi connectivity index (χ0) is 13.8. The van der Waals surface area contributed by atoms with Gasteiger partial charge >= 0.3 is 5.97 Å². The van der Waals surface area contributed by atoms with Crippen molar-refractivity contribution in [2.45, 2.75) is 31.3 Å². The van der Waals surface area contributed by atoms with E-state index in [1.807, 2.05) is 11.9 Å². The van der Waals surface area contributed by atoms with Crippen LogP contribution in [0.3, 0.4) is 0 Å². The van der Waals surface area contributed by atoms with Crippen molar-refractivity contribution < 1.29 is 14.3 Å². The number of nitrogens with zero attached hydrogens (tertiary/aromatic N) is 1. The zero-order valence-electron chi connectivity index (χ0n) is 11.0. The minimum atomic E-state index is -0.806. The Balaban J connectivity index is 1.85. The Morgan fingerprint density at radius 2 is 2.11 bits per heavy atom. The molecule has 1 unspecified atom stereocenters. The molecule has 1 atom stereocenters. The van der Waals surface area contributed by atoms with Gasteiger partial charge < -0.3 is 15.3 Å². The van der Waals surface area contributed by atoms with Gasteiger partial charge in [-0.05, 0) is 43.5 Å². The highest BCUT2D eigenvalue weighted by atomic mass is 19.1. The first-order chi connectivity index (χ1) is 9.06. The average molecular weight is 266 g/mol. The van der Waals surface area contributed by atoms with Crippen LogP contribution in [0.5, 0.6) is 0 Å². The van der Waals surface area contributed by atoms with Crippen LogP contribution in [-0.4, -0.2) is 36.8 Å². The average Bonchev–Trinajstić information content (AvgIpc) is 3.18. The normalized spacial score (nSPS) is 16.1. The molecular formula is C14H19FN2O2. The fraction of sp³-hybridized carbons (Fsp3) is 0.500. The molecule has 2 rings (SSSR count). The second-order valence-corrected chi connectivity index (χ2v) is 5.02. The van der Waals surface area contributed by atoms with Crippen molar-refractivity contribution in [3.63, 3.8) is 0 Å². The van der Waals surface area contributed by atoms with E-state index >= 15 is 0 Å². The van der Waals surface area contributed by atoms with E-state index < -0.39 is 12.0 Å². The molecule has 0 aromatic heterocycles. The quantitative estimate of drug-likeness (QED) is 0.791. The molecule has 1 fully saturated rings. The van der Waals surface area contributed by atoms with Gasteiger partial charge in [-0.1, -0.05) is 0 Å². The molecule has 4 nitrogen and oxygen atoms in total. The van der Waals surface area contributed by atoms with E-state index in [1.165, 1.54) is 12.1 Å². The summed E-state index contributed by atoms with van der Waals surface area (Å²) in [6.07, 6.45) is 2.66. The molecule has 0 spiro atoms. The maximum absolute atomic E-state index is 12.8. The molecule has 0 bridgehead atoms. The van der Waals surface area contributed by atoms with Gasteiger partial charge in [-0.2, -0.15) is 0 Å². The molecule has 19 heavy (non-hydrogen) atoms. The van der Waals surface area contributed by atoms with Gasteiger partial charge in [-0.15, -0.1) is 0 Å². The largest absolute Gasteiger partial charge is 0.480 e. The number of aliphatic carboxylic acids is 1. The summed E-state index contributed by atoms with van der Waals surface area (Å²) in [5, 5.41) is 12.3. The summed E-state index contributed by atoms with van der Waals surface area (Å²) in [4.78, 5) is 13.1. The van der Waals surface area contributed by atoms with Crippen LogP contribution in [0.25, 0.3) is 0 Å². The van der Waals surface area contributed by atoms with Crippen molar-refractivity contribution >= 4 is 11.7 Å². The van der Waals surface area contributed by atoms with Gasteiger partial charge in [0.25, 0.3) is 0 Å². The number of carboxylic acid groups (broad SMARTS) is 1. The van der Waals surface area contributed by atoms with E-state index in [-0.39, 0.29) is 5.82 Å². The van der Waals surface area contributed by atoms with Crippen molar-refractivity contribution in [3.05, 3.63) is 30.1 Å². The van der Waals surface area contributed by atoms with Gasteiger partial charge in [0.15, 0.2) is 0 Å². The maximum atomic E-state index is 12.8. The summed E-state index contributed by atoms with van der Waals surface area (Å²) >= 11 is 0. The molecular weight excluding hydrogens is 247 g/mol. The van der Waals surface area contributed by atoms with Gasteiger partial charge in [-0.25, -0.2) is 4.39 Å². The lowest BCUT2D eigenvalue weighted by molar-refractivity contribution is -0.139. The van der Waals surface area contributed by atoms with Crippen molar-refractivity contribution in [1.82, 2.24) is 5.32 Å². The Morgan fingerprint density at radius 3 is 2.63 bits per heavy atom.